The highest BCUT2D eigenvalue weighted by Gasteiger charge is 2.04. The number of thiol groups is 1. The van der Waals surface area contributed by atoms with E-state index in [4.69, 9.17) is 0 Å². The Balaban J connectivity index is 2.56. The molecule has 0 aliphatic carbocycles. The van der Waals surface area contributed by atoms with Crippen LogP contribution in [-0.2, 0) is 5.75 Å². The van der Waals surface area contributed by atoms with E-state index in [0.717, 1.165) is 5.75 Å². The third-order valence-corrected chi connectivity index (χ3v) is 3.36. The van der Waals surface area contributed by atoms with Crippen LogP contribution in [0, 0.1) is 0 Å². The molecule has 78 valence electrons. The standard InChI is InChI=1S/C15H12S/c16-10-15-13-7-3-1-5-11(13)9-12-6-2-4-8-14(12)15/h1-9,16H,10H2. The Morgan fingerprint density at radius 3 is 1.75 bits per heavy atom. The molecule has 0 unspecified atom stereocenters. The first-order valence-corrected chi connectivity index (χ1v) is 6.03. The van der Waals surface area contributed by atoms with Crippen LogP contribution >= 0.6 is 12.6 Å². The summed E-state index contributed by atoms with van der Waals surface area (Å²) < 4.78 is 0. The minimum Gasteiger partial charge on any atom is -0.175 e. The van der Waals surface area contributed by atoms with E-state index in [1.54, 1.807) is 0 Å². The molecular weight excluding hydrogens is 212 g/mol. The second-order valence-electron chi connectivity index (χ2n) is 3.96. The van der Waals surface area contributed by atoms with Crippen LogP contribution in [-0.4, -0.2) is 0 Å². The molecule has 1 heteroatoms. The topological polar surface area (TPSA) is 0 Å². The minimum absolute atomic E-state index is 0.780. The Hall–Kier alpha value is -1.47. The van der Waals surface area contributed by atoms with Gasteiger partial charge in [0.1, 0.15) is 0 Å². The molecule has 0 aliphatic heterocycles. The summed E-state index contributed by atoms with van der Waals surface area (Å²) in [6.07, 6.45) is 0. The lowest BCUT2D eigenvalue weighted by Crippen LogP contribution is -1.85. The van der Waals surface area contributed by atoms with Crippen LogP contribution in [0.15, 0.2) is 54.6 Å². The highest BCUT2D eigenvalue weighted by Crippen LogP contribution is 2.29. The fraction of sp³-hybridized carbons (Fsp3) is 0.0667. The van der Waals surface area contributed by atoms with Gasteiger partial charge >= 0.3 is 0 Å². The average molecular weight is 224 g/mol. The number of benzene rings is 3. The maximum atomic E-state index is 4.46. The first-order chi connectivity index (χ1) is 7.90. The normalized spacial score (nSPS) is 11.1. The van der Waals surface area contributed by atoms with Crippen LogP contribution in [0.1, 0.15) is 5.56 Å². The van der Waals surface area contributed by atoms with E-state index in [-0.39, 0.29) is 0 Å². The predicted molar refractivity (Wildman–Crippen MR) is 74.1 cm³/mol. The van der Waals surface area contributed by atoms with Crippen molar-refractivity contribution < 1.29 is 0 Å². The van der Waals surface area contributed by atoms with Crippen molar-refractivity contribution in [2.45, 2.75) is 5.75 Å². The molecule has 0 atom stereocenters. The number of rotatable bonds is 1. The zero-order valence-electron chi connectivity index (χ0n) is 8.85. The maximum Gasteiger partial charge on any atom is 0.0166 e. The average Bonchev–Trinajstić information content (AvgIpc) is 2.36. The summed E-state index contributed by atoms with van der Waals surface area (Å²) in [4.78, 5) is 0. The fourth-order valence-corrected chi connectivity index (χ4v) is 2.62. The van der Waals surface area contributed by atoms with Crippen molar-refractivity contribution in [2.75, 3.05) is 0 Å². The third kappa shape index (κ3) is 1.40. The highest BCUT2D eigenvalue weighted by molar-refractivity contribution is 7.79. The van der Waals surface area contributed by atoms with Gasteiger partial charge in [-0.15, -0.1) is 0 Å². The minimum atomic E-state index is 0.780. The van der Waals surface area contributed by atoms with E-state index in [1.807, 2.05) is 0 Å². The molecule has 0 saturated carbocycles. The molecule has 0 aliphatic rings. The molecule has 0 spiro atoms. The van der Waals surface area contributed by atoms with E-state index in [0.29, 0.717) is 0 Å². The van der Waals surface area contributed by atoms with Gasteiger partial charge in [-0.1, -0.05) is 48.5 Å². The van der Waals surface area contributed by atoms with Crippen molar-refractivity contribution in [1.82, 2.24) is 0 Å². The van der Waals surface area contributed by atoms with Gasteiger partial charge < -0.3 is 0 Å². The van der Waals surface area contributed by atoms with Crippen LogP contribution in [0.4, 0.5) is 0 Å². The second kappa shape index (κ2) is 3.84. The van der Waals surface area contributed by atoms with Crippen LogP contribution in [0.5, 0.6) is 0 Å². The van der Waals surface area contributed by atoms with E-state index < -0.39 is 0 Å². The number of hydrogen-bond acceptors (Lipinski definition) is 1. The Morgan fingerprint density at radius 2 is 1.25 bits per heavy atom. The molecule has 0 radical (unpaired) electrons. The van der Waals surface area contributed by atoms with Gasteiger partial charge in [0.25, 0.3) is 0 Å². The summed E-state index contributed by atoms with van der Waals surface area (Å²) in [5.74, 6) is 0.780. The number of hydrogen-bond donors (Lipinski definition) is 1. The van der Waals surface area contributed by atoms with E-state index in [9.17, 15) is 0 Å². The summed E-state index contributed by atoms with van der Waals surface area (Å²) in [6.45, 7) is 0. The quantitative estimate of drug-likeness (QED) is 0.459. The molecule has 0 aromatic heterocycles. The van der Waals surface area contributed by atoms with Gasteiger partial charge in [-0.25, -0.2) is 0 Å². The lowest BCUT2D eigenvalue weighted by Gasteiger charge is -2.08. The molecule has 0 bridgehead atoms. The first-order valence-electron chi connectivity index (χ1n) is 5.40. The summed E-state index contributed by atoms with van der Waals surface area (Å²) in [7, 11) is 0. The molecule has 0 amide bonds. The Kier molecular flexibility index (Phi) is 2.33. The molecule has 0 N–H and O–H groups in total. The Morgan fingerprint density at radius 1 is 0.750 bits per heavy atom. The summed E-state index contributed by atoms with van der Waals surface area (Å²) in [5, 5.41) is 5.22. The maximum absolute atomic E-state index is 4.46. The van der Waals surface area contributed by atoms with Gasteiger partial charge in [0.2, 0.25) is 0 Å². The number of fused-ring (bicyclic) bond motifs is 2. The van der Waals surface area contributed by atoms with Gasteiger partial charge in [-0.3, -0.25) is 0 Å². The van der Waals surface area contributed by atoms with Crippen molar-refractivity contribution in [1.29, 1.82) is 0 Å². The highest BCUT2D eigenvalue weighted by atomic mass is 32.1. The SMILES string of the molecule is SCc1c2ccccc2cc2ccccc12. The molecule has 0 fully saturated rings. The van der Waals surface area contributed by atoms with Gasteiger partial charge in [-0.05, 0) is 33.2 Å². The fourth-order valence-electron chi connectivity index (χ4n) is 2.28. The molecule has 0 heterocycles. The van der Waals surface area contributed by atoms with Crippen LogP contribution in [0.3, 0.4) is 0 Å². The van der Waals surface area contributed by atoms with Crippen molar-refractivity contribution in [2.24, 2.45) is 0 Å². The van der Waals surface area contributed by atoms with Gasteiger partial charge in [-0.2, -0.15) is 12.6 Å². The zero-order valence-corrected chi connectivity index (χ0v) is 9.74. The lowest BCUT2D eigenvalue weighted by atomic mass is 9.98. The molecular formula is C15H12S. The third-order valence-electron chi connectivity index (χ3n) is 3.04. The summed E-state index contributed by atoms with van der Waals surface area (Å²) in [6, 6.07) is 19.3. The van der Waals surface area contributed by atoms with Crippen LogP contribution in [0.2, 0.25) is 0 Å². The van der Waals surface area contributed by atoms with E-state index >= 15 is 0 Å². The molecule has 0 saturated heterocycles. The lowest BCUT2D eigenvalue weighted by molar-refractivity contribution is 1.53. The van der Waals surface area contributed by atoms with Crippen LogP contribution < -0.4 is 0 Å². The molecule has 3 aromatic carbocycles. The first kappa shape index (κ1) is 9.73. The summed E-state index contributed by atoms with van der Waals surface area (Å²) >= 11 is 4.46. The largest absolute Gasteiger partial charge is 0.175 e. The monoisotopic (exact) mass is 224 g/mol. The van der Waals surface area contributed by atoms with Crippen molar-refractivity contribution >= 4 is 34.2 Å². The van der Waals surface area contributed by atoms with Crippen LogP contribution in [0.25, 0.3) is 21.5 Å². The molecule has 3 rings (SSSR count). The van der Waals surface area contributed by atoms with Crippen molar-refractivity contribution in [3.8, 4) is 0 Å². The van der Waals surface area contributed by atoms with E-state index in [1.165, 1.54) is 27.1 Å². The zero-order chi connectivity index (χ0) is 11.0. The van der Waals surface area contributed by atoms with Crippen molar-refractivity contribution in [3.63, 3.8) is 0 Å². The van der Waals surface area contributed by atoms with Crippen molar-refractivity contribution in [3.05, 3.63) is 60.2 Å². The second-order valence-corrected chi connectivity index (χ2v) is 4.27. The molecule has 3 aromatic rings. The summed E-state index contributed by atoms with van der Waals surface area (Å²) in [5.41, 5.74) is 1.33. The smallest absolute Gasteiger partial charge is 0.0166 e. The molecule has 16 heavy (non-hydrogen) atoms. The Labute approximate surface area is 100 Å². The molecule has 0 nitrogen and oxygen atoms in total. The van der Waals surface area contributed by atoms with E-state index in [2.05, 4.69) is 67.2 Å². The van der Waals surface area contributed by atoms with Gasteiger partial charge in [0.15, 0.2) is 0 Å². The predicted octanol–water partition coefficient (Wildman–Crippen LogP) is 4.42. The van der Waals surface area contributed by atoms with Gasteiger partial charge in [0, 0.05) is 5.75 Å². The Bertz CT molecular complexity index is 602. The van der Waals surface area contributed by atoms with Gasteiger partial charge in [0.05, 0.1) is 0 Å².